The molecule has 4 rings (SSSR count). The van der Waals surface area contributed by atoms with Crippen LogP contribution >= 0.6 is 23.4 Å². The normalized spacial score (nSPS) is 16.6. The van der Waals surface area contributed by atoms with E-state index in [2.05, 4.69) is 9.97 Å². The third-order valence-corrected chi connectivity index (χ3v) is 8.22. The maximum atomic E-state index is 14.8. The highest BCUT2D eigenvalue weighted by Crippen LogP contribution is 2.38. The zero-order valence-corrected chi connectivity index (χ0v) is 21.1. The summed E-state index contributed by atoms with van der Waals surface area (Å²) in [5, 5.41) is 0.0751. The molecule has 2 aliphatic heterocycles. The van der Waals surface area contributed by atoms with Crippen molar-refractivity contribution in [3.63, 3.8) is 0 Å². The van der Waals surface area contributed by atoms with Crippen molar-refractivity contribution in [2.24, 2.45) is 0 Å². The number of thioether (sulfide) groups is 1. The molecule has 1 saturated heterocycles. The standard InChI is InChI=1S/C22H26ClFN4O4S2/c1-34(30,31)16-3-4-19(18(24)13-16)28-11-7-17-20(28)25-14-26-21(17)32-15-5-9-27(10-6-15)22(29)33-12-2-8-23/h3-4,13-15H,2,5-12H2,1H3. The van der Waals surface area contributed by atoms with Gasteiger partial charge in [-0.25, -0.2) is 22.8 Å². The van der Waals surface area contributed by atoms with E-state index in [1.165, 1.54) is 30.2 Å². The summed E-state index contributed by atoms with van der Waals surface area (Å²) in [6.45, 7) is 1.72. The second-order valence-electron chi connectivity index (χ2n) is 8.23. The summed E-state index contributed by atoms with van der Waals surface area (Å²) in [5.41, 5.74) is 1.05. The molecule has 0 N–H and O–H groups in total. The molecule has 0 radical (unpaired) electrons. The number of alkyl halides is 1. The molecule has 0 saturated carbocycles. The first-order chi connectivity index (χ1) is 16.3. The van der Waals surface area contributed by atoms with Gasteiger partial charge in [0.05, 0.1) is 16.1 Å². The number of carbonyl (C=O) groups excluding carboxylic acids is 1. The smallest absolute Gasteiger partial charge is 0.281 e. The highest BCUT2D eigenvalue weighted by molar-refractivity contribution is 8.13. The average molecular weight is 529 g/mol. The van der Waals surface area contributed by atoms with Crippen LogP contribution in [0.25, 0.3) is 0 Å². The number of hydrogen-bond acceptors (Lipinski definition) is 8. The maximum absolute atomic E-state index is 14.8. The van der Waals surface area contributed by atoms with E-state index < -0.39 is 15.7 Å². The van der Waals surface area contributed by atoms with Crippen molar-refractivity contribution in [2.45, 2.75) is 36.7 Å². The van der Waals surface area contributed by atoms with Gasteiger partial charge in [0.15, 0.2) is 9.84 Å². The molecular weight excluding hydrogens is 503 g/mol. The van der Waals surface area contributed by atoms with E-state index in [-0.39, 0.29) is 21.9 Å². The van der Waals surface area contributed by atoms with Gasteiger partial charge >= 0.3 is 0 Å². The number of piperidine rings is 1. The number of amides is 1. The second kappa shape index (κ2) is 10.7. The first-order valence-electron chi connectivity index (χ1n) is 11.0. The SMILES string of the molecule is CS(=O)(=O)c1ccc(N2CCc3c(OC4CCN(C(=O)SCCCCl)CC4)ncnc32)c(F)c1. The van der Waals surface area contributed by atoms with Crippen LogP contribution in [0.4, 0.5) is 20.7 Å². The molecule has 0 atom stereocenters. The third-order valence-electron chi connectivity index (χ3n) is 5.84. The Kier molecular flexibility index (Phi) is 7.83. The molecule has 3 heterocycles. The van der Waals surface area contributed by atoms with Gasteiger partial charge in [-0.2, -0.15) is 0 Å². The molecule has 0 bridgehead atoms. The van der Waals surface area contributed by atoms with Crippen LogP contribution in [0.5, 0.6) is 5.88 Å². The Labute approximate surface area is 207 Å². The summed E-state index contributed by atoms with van der Waals surface area (Å²) >= 11 is 6.97. The van der Waals surface area contributed by atoms with Crippen molar-refractivity contribution in [3.8, 4) is 5.88 Å². The van der Waals surface area contributed by atoms with E-state index in [0.29, 0.717) is 56.5 Å². The summed E-state index contributed by atoms with van der Waals surface area (Å²) in [7, 11) is -3.50. The van der Waals surface area contributed by atoms with Gasteiger partial charge in [0.25, 0.3) is 5.24 Å². The second-order valence-corrected chi connectivity index (χ2v) is 11.7. The Morgan fingerprint density at radius 2 is 2.03 bits per heavy atom. The average Bonchev–Trinajstić information content (AvgIpc) is 3.24. The maximum Gasteiger partial charge on any atom is 0.281 e. The van der Waals surface area contributed by atoms with Crippen LogP contribution in [0.2, 0.25) is 0 Å². The number of fused-ring (bicyclic) bond motifs is 1. The van der Waals surface area contributed by atoms with Gasteiger partial charge in [0.1, 0.15) is 24.1 Å². The predicted molar refractivity (Wildman–Crippen MR) is 131 cm³/mol. The van der Waals surface area contributed by atoms with E-state index in [0.717, 1.165) is 30.1 Å². The Bertz CT molecular complexity index is 1160. The first-order valence-corrected chi connectivity index (χ1v) is 14.4. The number of halogens is 2. The molecule has 8 nitrogen and oxygen atoms in total. The van der Waals surface area contributed by atoms with Gasteiger partial charge < -0.3 is 14.5 Å². The van der Waals surface area contributed by atoms with Crippen LogP contribution in [-0.4, -0.2) is 72.2 Å². The van der Waals surface area contributed by atoms with Crippen LogP contribution in [0, 0.1) is 5.82 Å². The van der Waals surface area contributed by atoms with Gasteiger partial charge in [0, 0.05) is 50.4 Å². The molecule has 0 unspecified atom stereocenters. The summed E-state index contributed by atoms with van der Waals surface area (Å²) < 4.78 is 44.4. The molecule has 1 aromatic heterocycles. The molecule has 1 amide bonds. The zero-order valence-electron chi connectivity index (χ0n) is 18.7. The summed E-state index contributed by atoms with van der Waals surface area (Å²) in [5.74, 6) is 1.68. The zero-order chi connectivity index (χ0) is 24.3. The number of carbonyl (C=O) groups is 1. The topological polar surface area (TPSA) is 92.7 Å². The van der Waals surface area contributed by atoms with Gasteiger partial charge in [-0.1, -0.05) is 11.8 Å². The van der Waals surface area contributed by atoms with Gasteiger partial charge in [-0.05, 0) is 31.0 Å². The summed E-state index contributed by atoms with van der Waals surface area (Å²) in [4.78, 5) is 24.4. The molecule has 2 aliphatic rings. The van der Waals surface area contributed by atoms with Crippen LogP contribution in [0.1, 0.15) is 24.8 Å². The van der Waals surface area contributed by atoms with E-state index >= 15 is 0 Å². The van der Waals surface area contributed by atoms with Crippen molar-refractivity contribution in [2.75, 3.05) is 42.4 Å². The van der Waals surface area contributed by atoms with E-state index in [1.54, 1.807) is 4.90 Å². The quantitative estimate of drug-likeness (QED) is 0.393. The minimum atomic E-state index is -3.50. The lowest BCUT2D eigenvalue weighted by Gasteiger charge is -2.31. The monoisotopic (exact) mass is 528 g/mol. The largest absolute Gasteiger partial charge is 0.474 e. The molecular formula is C22H26ClFN4O4S2. The number of benzene rings is 1. The minimum Gasteiger partial charge on any atom is -0.474 e. The van der Waals surface area contributed by atoms with Gasteiger partial charge in [-0.15, -0.1) is 11.6 Å². The number of likely N-dealkylation sites (tertiary alicyclic amines) is 1. The third kappa shape index (κ3) is 5.58. The predicted octanol–water partition coefficient (Wildman–Crippen LogP) is 4.04. The molecule has 1 fully saturated rings. The number of nitrogens with zero attached hydrogens (tertiary/aromatic N) is 4. The molecule has 0 aliphatic carbocycles. The van der Waals surface area contributed by atoms with Gasteiger partial charge in [0.2, 0.25) is 5.88 Å². The Balaban J connectivity index is 1.42. The van der Waals surface area contributed by atoms with Crippen molar-refractivity contribution in [1.29, 1.82) is 0 Å². The Morgan fingerprint density at radius 3 is 2.71 bits per heavy atom. The fraction of sp³-hybridized carbons (Fsp3) is 0.500. The van der Waals surface area contributed by atoms with Crippen LogP contribution in [0.3, 0.4) is 0 Å². The number of hydrogen-bond donors (Lipinski definition) is 0. The van der Waals surface area contributed by atoms with Crippen molar-refractivity contribution in [3.05, 3.63) is 35.9 Å². The number of ether oxygens (including phenoxy) is 1. The minimum absolute atomic E-state index is 0.0675. The lowest BCUT2D eigenvalue weighted by Crippen LogP contribution is -2.40. The van der Waals surface area contributed by atoms with Crippen molar-refractivity contribution < 1.29 is 22.3 Å². The van der Waals surface area contributed by atoms with E-state index in [1.807, 2.05) is 4.90 Å². The highest BCUT2D eigenvalue weighted by Gasteiger charge is 2.30. The van der Waals surface area contributed by atoms with Crippen LogP contribution < -0.4 is 9.64 Å². The Morgan fingerprint density at radius 1 is 1.26 bits per heavy atom. The summed E-state index contributed by atoms with van der Waals surface area (Å²) in [6.07, 6.45) is 5.14. The van der Waals surface area contributed by atoms with Crippen LogP contribution in [-0.2, 0) is 16.3 Å². The fourth-order valence-corrected chi connectivity index (χ4v) is 5.81. The molecule has 184 valence electrons. The van der Waals surface area contributed by atoms with E-state index in [9.17, 15) is 17.6 Å². The fourth-order valence-electron chi connectivity index (χ4n) is 4.06. The molecule has 1 aromatic carbocycles. The number of aromatic nitrogens is 2. The molecule has 2 aromatic rings. The molecule has 12 heteroatoms. The van der Waals surface area contributed by atoms with Crippen molar-refractivity contribution in [1.82, 2.24) is 14.9 Å². The highest BCUT2D eigenvalue weighted by atomic mass is 35.5. The number of rotatable bonds is 7. The van der Waals surface area contributed by atoms with Crippen LogP contribution in [0.15, 0.2) is 29.4 Å². The molecule has 0 spiro atoms. The van der Waals surface area contributed by atoms with Gasteiger partial charge in [-0.3, -0.25) is 4.79 Å². The van der Waals surface area contributed by atoms with E-state index in [4.69, 9.17) is 16.3 Å². The van der Waals surface area contributed by atoms with Crippen molar-refractivity contribution >= 4 is 49.9 Å². The number of anilines is 2. The lowest BCUT2D eigenvalue weighted by atomic mass is 10.1. The first kappa shape index (κ1) is 25.0. The number of sulfone groups is 1. The Hall–Kier alpha value is -2.11. The lowest BCUT2D eigenvalue weighted by molar-refractivity contribution is 0.114. The molecule has 34 heavy (non-hydrogen) atoms. The summed E-state index contributed by atoms with van der Waals surface area (Å²) in [6, 6.07) is 3.89.